The van der Waals surface area contributed by atoms with Gasteiger partial charge in [-0.2, -0.15) is 9.40 Å². The van der Waals surface area contributed by atoms with Gasteiger partial charge in [0.25, 0.3) is 0 Å². The second-order valence-electron chi connectivity index (χ2n) is 10.3. The predicted molar refractivity (Wildman–Crippen MR) is 154 cm³/mol. The van der Waals surface area contributed by atoms with E-state index in [9.17, 15) is 17.6 Å². The lowest BCUT2D eigenvalue weighted by Gasteiger charge is -2.36. The van der Waals surface area contributed by atoms with Crippen LogP contribution in [0.1, 0.15) is 41.6 Å². The average molecular weight is 591 g/mol. The molecule has 1 atom stereocenters. The highest BCUT2D eigenvalue weighted by molar-refractivity contribution is 7.89. The van der Waals surface area contributed by atoms with Crippen LogP contribution in [0.25, 0.3) is 0 Å². The fourth-order valence-electron chi connectivity index (χ4n) is 5.41. The van der Waals surface area contributed by atoms with Crippen molar-refractivity contribution >= 4 is 15.9 Å². The molecule has 0 aliphatic carbocycles. The molecule has 218 valence electrons. The maximum Gasteiger partial charge on any atom is 0.247 e. The van der Waals surface area contributed by atoms with Crippen LogP contribution in [0.2, 0.25) is 0 Å². The highest BCUT2D eigenvalue weighted by Gasteiger charge is 2.38. The summed E-state index contributed by atoms with van der Waals surface area (Å²) in [5, 5.41) is 7.06. The highest BCUT2D eigenvalue weighted by atomic mass is 32.2. The monoisotopic (exact) mass is 590 g/mol. The van der Waals surface area contributed by atoms with Crippen molar-refractivity contribution in [1.82, 2.24) is 19.4 Å². The Morgan fingerprint density at radius 2 is 1.98 bits per heavy atom. The minimum Gasteiger partial charge on any atom is -0.494 e. The van der Waals surface area contributed by atoms with Crippen LogP contribution in [0.4, 0.5) is 4.39 Å². The van der Waals surface area contributed by atoms with Gasteiger partial charge in [-0.15, -0.1) is 0 Å². The molecule has 42 heavy (non-hydrogen) atoms. The van der Waals surface area contributed by atoms with E-state index in [1.54, 1.807) is 23.0 Å². The third-order valence-electron chi connectivity index (χ3n) is 7.51. The van der Waals surface area contributed by atoms with E-state index in [2.05, 4.69) is 10.4 Å². The minimum absolute atomic E-state index is 0.0174. The van der Waals surface area contributed by atoms with Gasteiger partial charge in [-0.1, -0.05) is 24.3 Å². The molecule has 0 radical (unpaired) electrons. The second kappa shape index (κ2) is 11.6. The third kappa shape index (κ3) is 5.62. The molecule has 0 fully saturated rings. The van der Waals surface area contributed by atoms with E-state index >= 15 is 0 Å². The zero-order valence-corrected chi connectivity index (χ0v) is 23.9. The van der Waals surface area contributed by atoms with Crippen LogP contribution >= 0.6 is 0 Å². The normalized spacial score (nSPS) is 17.8. The molecule has 4 aromatic rings. The molecule has 0 saturated carbocycles. The Hall–Kier alpha value is -4.22. The molecule has 3 aliphatic heterocycles. The summed E-state index contributed by atoms with van der Waals surface area (Å²) in [6.07, 6.45) is 4.03. The van der Waals surface area contributed by atoms with Crippen molar-refractivity contribution < 1.29 is 27.1 Å². The number of rotatable bonds is 3. The molecule has 1 amide bonds. The van der Waals surface area contributed by atoms with Crippen LogP contribution in [0.15, 0.2) is 78.0 Å². The Kier molecular flexibility index (Phi) is 7.70. The van der Waals surface area contributed by atoms with E-state index in [0.29, 0.717) is 49.6 Å². The smallest absolute Gasteiger partial charge is 0.247 e. The van der Waals surface area contributed by atoms with Crippen LogP contribution in [-0.4, -0.2) is 48.1 Å². The predicted octanol–water partition coefficient (Wildman–Crippen LogP) is 4.61. The van der Waals surface area contributed by atoms with Crippen LogP contribution in [-0.2, 0) is 34.2 Å². The topological polar surface area (TPSA) is 103 Å². The van der Waals surface area contributed by atoms with Gasteiger partial charge in [0, 0.05) is 25.8 Å². The van der Waals surface area contributed by atoms with Crippen molar-refractivity contribution in [3.8, 4) is 17.2 Å². The first-order valence-corrected chi connectivity index (χ1v) is 15.4. The van der Waals surface area contributed by atoms with E-state index in [4.69, 9.17) is 9.47 Å². The number of carbonyl (C=O) groups excluding carboxylic acids is 1. The molecule has 8 bridgehead atoms. The fourth-order valence-corrected chi connectivity index (χ4v) is 6.96. The summed E-state index contributed by atoms with van der Waals surface area (Å²) in [6.45, 7) is 3.45. The number of halogens is 1. The standard InChI is InChI=1S/C31H31FN4O5S/c1-2-35-20-26(19-34-35)42(38,39)36-13-11-22-17-25-8-9-27(22)31(36)23-5-3-6-24(18-23)40-14-4-12-33-30(37)16-21-7-10-28(32)29(15-21)41-25/h3,5-10,15,17-20,31H,2,4,11-14,16H2,1H3,(H,33,37). The molecule has 4 heterocycles. The Morgan fingerprint density at radius 3 is 2.81 bits per heavy atom. The largest absolute Gasteiger partial charge is 0.494 e. The summed E-state index contributed by atoms with van der Waals surface area (Å²) < 4.78 is 57.7. The van der Waals surface area contributed by atoms with Crippen molar-refractivity contribution in [3.05, 3.63) is 101 Å². The molecule has 7 rings (SSSR count). The summed E-state index contributed by atoms with van der Waals surface area (Å²) in [5.74, 6) is 0.317. The van der Waals surface area contributed by atoms with Crippen LogP contribution in [0.3, 0.4) is 0 Å². The van der Waals surface area contributed by atoms with Crippen LogP contribution in [0, 0.1) is 5.82 Å². The van der Waals surface area contributed by atoms with Gasteiger partial charge >= 0.3 is 0 Å². The number of aryl methyl sites for hydroxylation is 1. The van der Waals surface area contributed by atoms with E-state index < -0.39 is 21.9 Å². The number of fused-ring (bicyclic) bond motifs is 7. The van der Waals surface area contributed by atoms with Crippen LogP contribution < -0.4 is 14.8 Å². The SMILES string of the molecule is CCn1cc(S(=O)(=O)N2CCc3cc4ccc3C2c2cccc(c2)OCCCNC(=O)Cc2ccc(F)c(c2)O4)cn1. The molecular formula is C31H31FN4O5S. The number of carbonyl (C=O) groups is 1. The Morgan fingerprint density at radius 1 is 1.10 bits per heavy atom. The first-order valence-electron chi connectivity index (χ1n) is 13.9. The molecular weight excluding hydrogens is 559 g/mol. The molecule has 11 heteroatoms. The number of nitrogens with zero attached hydrogens (tertiary/aromatic N) is 3. The Bertz CT molecular complexity index is 1740. The van der Waals surface area contributed by atoms with Crippen molar-refractivity contribution in [3.63, 3.8) is 0 Å². The number of nitrogens with one attached hydrogen (secondary N) is 1. The van der Waals surface area contributed by atoms with Crippen molar-refractivity contribution in [2.24, 2.45) is 0 Å². The zero-order valence-electron chi connectivity index (χ0n) is 23.1. The maximum atomic E-state index is 14.7. The molecule has 9 nitrogen and oxygen atoms in total. The summed E-state index contributed by atoms with van der Waals surface area (Å²) >= 11 is 0. The van der Waals surface area contributed by atoms with Gasteiger partial charge < -0.3 is 14.8 Å². The molecule has 3 aromatic carbocycles. The van der Waals surface area contributed by atoms with E-state index in [1.165, 1.54) is 22.6 Å². The molecule has 3 aliphatic rings. The summed E-state index contributed by atoms with van der Waals surface area (Å²) in [7, 11) is -3.91. The lowest BCUT2D eigenvalue weighted by Crippen LogP contribution is -2.40. The van der Waals surface area contributed by atoms with Crippen molar-refractivity contribution in [1.29, 1.82) is 0 Å². The number of benzene rings is 3. The first-order chi connectivity index (χ1) is 20.3. The fraction of sp³-hybridized carbons (Fsp3) is 0.290. The van der Waals surface area contributed by atoms with Crippen LogP contribution in [0.5, 0.6) is 17.2 Å². The second-order valence-corrected chi connectivity index (χ2v) is 12.2. The number of aromatic nitrogens is 2. The van der Waals surface area contributed by atoms with Gasteiger partial charge in [0.15, 0.2) is 11.6 Å². The van der Waals surface area contributed by atoms with Crippen molar-refractivity contribution in [2.45, 2.75) is 43.7 Å². The van der Waals surface area contributed by atoms with E-state index in [1.807, 2.05) is 43.3 Å². The number of hydrogen-bond donors (Lipinski definition) is 1. The number of hydrogen-bond acceptors (Lipinski definition) is 6. The van der Waals surface area contributed by atoms with Gasteiger partial charge in [0.2, 0.25) is 15.9 Å². The van der Waals surface area contributed by atoms with E-state index in [-0.39, 0.29) is 29.5 Å². The maximum absolute atomic E-state index is 14.7. The number of ether oxygens (including phenoxy) is 2. The summed E-state index contributed by atoms with van der Waals surface area (Å²) in [6, 6.07) is 16.5. The van der Waals surface area contributed by atoms with Gasteiger partial charge in [0.05, 0.1) is 25.3 Å². The molecule has 0 saturated heterocycles. The third-order valence-corrected chi connectivity index (χ3v) is 9.33. The van der Waals surface area contributed by atoms with Gasteiger partial charge in [-0.25, -0.2) is 12.8 Å². The van der Waals surface area contributed by atoms with Gasteiger partial charge in [-0.05, 0) is 78.4 Å². The summed E-state index contributed by atoms with van der Waals surface area (Å²) in [4.78, 5) is 12.6. The van der Waals surface area contributed by atoms with Crippen molar-refractivity contribution in [2.75, 3.05) is 19.7 Å². The lowest BCUT2D eigenvalue weighted by atomic mass is 9.89. The molecule has 0 spiro atoms. The number of amides is 1. The minimum atomic E-state index is -3.91. The first kappa shape index (κ1) is 27.9. The van der Waals surface area contributed by atoms with E-state index in [0.717, 1.165) is 16.7 Å². The highest BCUT2D eigenvalue weighted by Crippen LogP contribution is 2.41. The summed E-state index contributed by atoms with van der Waals surface area (Å²) in [5.41, 5.74) is 3.07. The quantitative estimate of drug-likeness (QED) is 0.374. The Labute approximate surface area is 243 Å². The molecule has 1 N–H and O–H groups in total. The van der Waals surface area contributed by atoms with Gasteiger partial charge in [0.1, 0.15) is 16.4 Å². The zero-order chi connectivity index (χ0) is 29.3. The Balaban J connectivity index is 1.44. The molecule has 1 aromatic heterocycles. The average Bonchev–Trinajstić information content (AvgIpc) is 3.48. The lowest BCUT2D eigenvalue weighted by molar-refractivity contribution is -0.120. The number of sulfonamides is 1. The van der Waals surface area contributed by atoms with Gasteiger partial charge in [-0.3, -0.25) is 9.48 Å². The molecule has 1 unspecified atom stereocenters.